The van der Waals surface area contributed by atoms with Crippen LogP contribution in [0, 0.1) is 17.3 Å². The largest absolute Gasteiger partial charge is 0.350 e. The number of aryl methyl sites for hydroxylation is 1. The molecule has 27 heavy (non-hydrogen) atoms. The van der Waals surface area contributed by atoms with Gasteiger partial charge in [-0.3, -0.25) is 9.48 Å². The average Bonchev–Trinajstić information content (AvgIpc) is 3.27. The zero-order chi connectivity index (χ0) is 18.6. The number of hydrogen-bond acceptors (Lipinski definition) is 4. The molecular weight excluding hydrogens is 408 g/mol. The van der Waals surface area contributed by atoms with Crippen LogP contribution in [0.15, 0.2) is 23.3 Å². The summed E-state index contributed by atoms with van der Waals surface area (Å²) in [7, 11) is 0. The van der Waals surface area contributed by atoms with Crippen molar-refractivity contribution in [3.8, 4) is 0 Å². The van der Waals surface area contributed by atoms with Crippen LogP contribution in [0.25, 0.3) is 0 Å². The van der Waals surface area contributed by atoms with E-state index < -0.39 is 0 Å². The summed E-state index contributed by atoms with van der Waals surface area (Å²) in [6.45, 7) is 3.41. The monoisotopic (exact) mass is 432 g/mol. The minimum Gasteiger partial charge on any atom is -0.350 e. The maximum Gasteiger partial charge on any atom is 0.226 e. The molecule has 4 aliphatic carbocycles. The highest BCUT2D eigenvalue weighted by atomic mass is 79.9. The maximum absolute atomic E-state index is 13.3. The summed E-state index contributed by atoms with van der Waals surface area (Å²) in [6.07, 6.45) is 10.2. The van der Waals surface area contributed by atoms with Gasteiger partial charge in [-0.05, 0) is 79.3 Å². The van der Waals surface area contributed by atoms with Crippen LogP contribution in [0.5, 0.6) is 0 Å². The minimum atomic E-state index is -0.268. The molecule has 0 spiro atoms. The fourth-order valence-corrected chi connectivity index (χ4v) is 6.51. The molecule has 4 bridgehead atoms. The van der Waals surface area contributed by atoms with E-state index >= 15 is 0 Å². The topological polar surface area (TPSA) is 77.6 Å². The molecule has 0 aliphatic heterocycles. The molecule has 1 amide bonds. The Morgan fingerprint density at radius 1 is 1.30 bits per heavy atom. The second-order valence-electron chi connectivity index (χ2n) is 8.77. The van der Waals surface area contributed by atoms with Gasteiger partial charge in [-0.15, -0.1) is 5.10 Å². The lowest BCUT2D eigenvalue weighted by Crippen LogP contribution is -2.61. The molecule has 2 unspecified atom stereocenters. The number of nitrogens with one attached hydrogen (secondary N) is 1. The minimum absolute atomic E-state index is 0.0514. The number of hydrogen-bond donors (Lipinski definition) is 1. The van der Waals surface area contributed by atoms with Crippen molar-refractivity contribution in [3.63, 3.8) is 0 Å². The van der Waals surface area contributed by atoms with Gasteiger partial charge in [-0.1, -0.05) is 0 Å². The Kier molecular flexibility index (Phi) is 3.97. The molecule has 4 saturated carbocycles. The summed E-state index contributed by atoms with van der Waals surface area (Å²) in [5.41, 5.74) is 0.602. The molecule has 8 heteroatoms. The standard InChI is InChI=1S/C19H25BrN6O/c1-2-25-4-3-15(23-25)10-21-16(27)18-6-13-5-14(7-18)9-19(8-13,11-18)26-12-22-17(20)24-26/h3-4,12-14H,2,5-11H2,1H3,(H,21,27). The molecule has 4 fully saturated rings. The molecule has 0 saturated heterocycles. The van der Waals surface area contributed by atoms with Crippen LogP contribution in [0.3, 0.4) is 0 Å². The first kappa shape index (κ1) is 17.4. The van der Waals surface area contributed by atoms with E-state index in [-0.39, 0.29) is 16.9 Å². The Labute approximate surface area is 167 Å². The summed E-state index contributed by atoms with van der Waals surface area (Å²) in [5, 5.41) is 12.3. The lowest BCUT2D eigenvalue weighted by Gasteiger charge is -2.60. The number of carbonyl (C=O) groups excluding carboxylic acids is 1. The van der Waals surface area contributed by atoms with E-state index in [1.807, 2.05) is 28.0 Å². The van der Waals surface area contributed by atoms with Crippen LogP contribution in [0.2, 0.25) is 0 Å². The van der Waals surface area contributed by atoms with Crippen molar-refractivity contribution < 1.29 is 4.79 Å². The summed E-state index contributed by atoms with van der Waals surface area (Å²) >= 11 is 3.38. The van der Waals surface area contributed by atoms with Gasteiger partial charge in [-0.25, -0.2) is 9.67 Å². The fraction of sp³-hybridized carbons (Fsp3) is 0.684. The van der Waals surface area contributed by atoms with Crippen molar-refractivity contribution in [1.82, 2.24) is 29.9 Å². The van der Waals surface area contributed by atoms with Crippen molar-refractivity contribution in [2.24, 2.45) is 17.3 Å². The molecule has 0 radical (unpaired) electrons. The molecule has 2 atom stereocenters. The van der Waals surface area contributed by atoms with Crippen LogP contribution in [0.4, 0.5) is 0 Å². The van der Waals surface area contributed by atoms with Gasteiger partial charge in [0.05, 0.1) is 23.2 Å². The highest BCUT2D eigenvalue weighted by Crippen LogP contribution is 2.64. The van der Waals surface area contributed by atoms with Crippen LogP contribution in [-0.2, 0) is 23.4 Å². The Bertz CT molecular complexity index is 859. The van der Waals surface area contributed by atoms with Gasteiger partial charge in [0.2, 0.25) is 10.6 Å². The molecule has 144 valence electrons. The summed E-state index contributed by atoms with van der Waals surface area (Å²) in [4.78, 5) is 17.6. The normalized spacial score (nSPS) is 34.1. The predicted octanol–water partition coefficient (Wildman–Crippen LogP) is 2.87. The molecule has 2 aromatic rings. The average molecular weight is 433 g/mol. The van der Waals surface area contributed by atoms with Crippen molar-refractivity contribution in [2.45, 2.75) is 64.1 Å². The lowest BCUT2D eigenvalue weighted by molar-refractivity contribution is -0.156. The summed E-state index contributed by atoms with van der Waals surface area (Å²) in [5.74, 6) is 1.42. The molecular formula is C19H25BrN6O. The third-order valence-corrected chi connectivity index (χ3v) is 7.28. The number of halogens is 1. The second kappa shape index (κ2) is 6.15. The van der Waals surface area contributed by atoms with Crippen LogP contribution >= 0.6 is 15.9 Å². The van der Waals surface area contributed by atoms with E-state index in [4.69, 9.17) is 0 Å². The van der Waals surface area contributed by atoms with E-state index in [1.54, 1.807) is 0 Å². The van der Waals surface area contributed by atoms with Gasteiger partial charge >= 0.3 is 0 Å². The molecule has 6 rings (SSSR count). The molecule has 7 nitrogen and oxygen atoms in total. The third-order valence-electron chi connectivity index (χ3n) is 6.91. The molecule has 2 heterocycles. The number of rotatable bonds is 5. The Morgan fingerprint density at radius 3 is 2.70 bits per heavy atom. The first-order valence-corrected chi connectivity index (χ1v) is 10.7. The van der Waals surface area contributed by atoms with Gasteiger partial charge in [0, 0.05) is 12.7 Å². The Balaban J connectivity index is 1.37. The van der Waals surface area contributed by atoms with E-state index in [9.17, 15) is 4.79 Å². The van der Waals surface area contributed by atoms with Crippen molar-refractivity contribution in [3.05, 3.63) is 29.0 Å². The third kappa shape index (κ3) is 2.83. The van der Waals surface area contributed by atoms with Crippen LogP contribution < -0.4 is 5.32 Å². The summed E-state index contributed by atoms with van der Waals surface area (Å²) < 4.78 is 4.56. The fourth-order valence-electron chi connectivity index (χ4n) is 6.25. The number of nitrogens with zero attached hydrogens (tertiary/aromatic N) is 5. The zero-order valence-corrected chi connectivity index (χ0v) is 17.2. The van der Waals surface area contributed by atoms with E-state index in [0.717, 1.165) is 44.3 Å². The molecule has 0 aromatic carbocycles. The highest BCUT2D eigenvalue weighted by molar-refractivity contribution is 9.10. The smallest absolute Gasteiger partial charge is 0.226 e. The second-order valence-corrected chi connectivity index (χ2v) is 9.48. The Hall–Kier alpha value is -1.70. The zero-order valence-electron chi connectivity index (χ0n) is 15.6. The number of aromatic nitrogens is 5. The van der Waals surface area contributed by atoms with Gasteiger partial charge in [0.15, 0.2) is 0 Å². The highest BCUT2D eigenvalue weighted by Gasteiger charge is 2.61. The van der Waals surface area contributed by atoms with Crippen LogP contribution in [-0.4, -0.2) is 30.5 Å². The molecule has 4 aliphatic rings. The van der Waals surface area contributed by atoms with E-state index in [0.29, 0.717) is 23.1 Å². The van der Waals surface area contributed by atoms with Gasteiger partial charge in [-0.2, -0.15) is 5.10 Å². The van der Waals surface area contributed by atoms with Crippen molar-refractivity contribution >= 4 is 21.8 Å². The predicted molar refractivity (Wildman–Crippen MR) is 103 cm³/mol. The first-order chi connectivity index (χ1) is 13.0. The summed E-state index contributed by atoms with van der Waals surface area (Å²) in [6, 6.07) is 1.98. The van der Waals surface area contributed by atoms with Gasteiger partial charge in [0.1, 0.15) is 6.33 Å². The Morgan fingerprint density at radius 2 is 2.07 bits per heavy atom. The SMILES string of the molecule is CCn1ccc(CNC(=O)C23CC4CC(C2)CC(n2cnc(Br)n2)(C4)C3)n1. The lowest BCUT2D eigenvalue weighted by atomic mass is 9.46. The van der Waals surface area contributed by atoms with Crippen molar-refractivity contribution in [1.29, 1.82) is 0 Å². The van der Waals surface area contributed by atoms with Crippen molar-refractivity contribution in [2.75, 3.05) is 0 Å². The molecule has 1 N–H and O–H groups in total. The van der Waals surface area contributed by atoms with E-state index in [1.165, 1.54) is 6.42 Å². The number of amides is 1. The number of carbonyl (C=O) groups is 1. The first-order valence-electron chi connectivity index (χ1n) is 9.89. The van der Waals surface area contributed by atoms with Gasteiger partial charge < -0.3 is 5.32 Å². The van der Waals surface area contributed by atoms with Gasteiger partial charge in [0.25, 0.3) is 0 Å². The maximum atomic E-state index is 13.3. The van der Waals surface area contributed by atoms with Crippen LogP contribution in [0.1, 0.15) is 51.1 Å². The van der Waals surface area contributed by atoms with E-state index in [2.05, 4.69) is 43.4 Å². The molecule has 2 aromatic heterocycles. The quantitative estimate of drug-likeness (QED) is 0.787.